The third-order valence-electron chi connectivity index (χ3n) is 2.64. The van der Waals surface area contributed by atoms with E-state index < -0.39 is 0 Å². The fourth-order valence-corrected chi connectivity index (χ4v) is 2.66. The Bertz CT molecular complexity index is 401. The summed E-state index contributed by atoms with van der Waals surface area (Å²) in [5.41, 5.74) is 0.953. The van der Waals surface area contributed by atoms with E-state index in [4.69, 9.17) is 0 Å². The molecule has 0 saturated heterocycles. The van der Waals surface area contributed by atoms with Crippen LogP contribution in [0.5, 0.6) is 0 Å². The van der Waals surface area contributed by atoms with E-state index in [-0.39, 0.29) is 5.91 Å². The highest BCUT2D eigenvalue weighted by atomic mass is 32.1. The maximum absolute atomic E-state index is 12.3. The summed E-state index contributed by atoms with van der Waals surface area (Å²) in [5, 5.41) is 4.02. The van der Waals surface area contributed by atoms with Gasteiger partial charge in [0.2, 0.25) is 0 Å². The Morgan fingerprint density at radius 2 is 2.17 bits per heavy atom. The summed E-state index contributed by atoms with van der Waals surface area (Å²) >= 11 is 1.50. The Morgan fingerprint density at radius 1 is 1.50 bits per heavy atom. The van der Waals surface area contributed by atoms with Crippen LogP contribution < -0.4 is 5.32 Å². The standard InChI is InChI=1S/C13H23N3OS/c1-9(2)8-11-12(18-10(3)15-11)13(17)16(5)7-6-14-4/h9,14H,6-8H2,1-5H3. The molecule has 1 rings (SSSR count). The molecule has 0 saturated carbocycles. The molecule has 0 radical (unpaired) electrons. The predicted molar refractivity (Wildman–Crippen MR) is 76.3 cm³/mol. The van der Waals surface area contributed by atoms with Crippen molar-refractivity contribution in [2.45, 2.75) is 27.2 Å². The number of carbonyl (C=O) groups excluding carboxylic acids is 1. The van der Waals surface area contributed by atoms with Crippen molar-refractivity contribution in [2.75, 3.05) is 27.2 Å². The average molecular weight is 269 g/mol. The number of amides is 1. The summed E-state index contributed by atoms with van der Waals surface area (Å²) in [6, 6.07) is 0. The number of carbonyl (C=O) groups is 1. The fraction of sp³-hybridized carbons (Fsp3) is 0.692. The van der Waals surface area contributed by atoms with Crippen molar-refractivity contribution in [2.24, 2.45) is 5.92 Å². The minimum atomic E-state index is 0.0894. The Morgan fingerprint density at radius 3 is 2.72 bits per heavy atom. The number of hydrogen-bond acceptors (Lipinski definition) is 4. The van der Waals surface area contributed by atoms with Crippen molar-refractivity contribution in [1.82, 2.24) is 15.2 Å². The van der Waals surface area contributed by atoms with Crippen LogP contribution in [0.25, 0.3) is 0 Å². The van der Waals surface area contributed by atoms with Gasteiger partial charge < -0.3 is 10.2 Å². The smallest absolute Gasteiger partial charge is 0.265 e. The second-order valence-electron chi connectivity index (χ2n) is 4.94. The fourth-order valence-electron chi connectivity index (χ4n) is 1.72. The lowest BCUT2D eigenvalue weighted by Gasteiger charge is -2.16. The molecule has 0 aromatic carbocycles. The van der Waals surface area contributed by atoms with Crippen LogP contribution in [-0.2, 0) is 6.42 Å². The van der Waals surface area contributed by atoms with Crippen LogP contribution in [0, 0.1) is 12.8 Å². The summed E-state index contributed by atoms with van der Waals surface area (Å²) in [6.45, 7) is 7.77. The monoisotopic (exact) mass is 269 g/mol. The largest absolute Gasteiger partial charge is 0.340 e. The van der Waals surface area contributed by atoms with Gasteiger partial charge in [-0.3, -0.25) is 4.79 Å². The molecule has 1 heterocycles. The molecule has 0 aliphatic carbocycles. The number of aryl methyl sites for hydroxylation is 1. The number of aromatic nitrogens is 1. The Hall–Kier alpha value is -0.940. The van der Waals surface area contributed by atoms with E-state index >= 15 is 0 Å². The summed E-state index contributed by atoms with van der Waals surface area (Å²) in [5.74, 6) is 0.604. The van der Waals surface area contributed by atoms with Crippen LogP contribution in [0.4, 0.5) is 0 Å². The molecule has 1 amide bonds. The summed E-state index contributed by atoms with van der Waals surface area (Å²) in [7, 11) is 3.73. The minimum absolute atomic E-state index is 0.0894. The van der Waals surface area contributed by atoms with Gasteiger partial charge in [0.1, 0.15) is 4.88 Å². The molecule has 0 bridgehead atoms. The molecule has 1 aromatic rings. The van der Waals surface area contributed by atoms with Gasteiger partial charge in [-0.05, 0) is 26.3 Å². The first-order chi connectivity index (χ1) is 8.45. The highest BCUT2D eigenvalue weighted by molar-refractivity contribution is 7.13. The van der Waals surface area contributed by atoms with Crippen molar-refractivity contribution in [1.29, 1.82) is 0 Å². The molecule has 5 heteroatoms. The Kier molecular flexibility index (Phi) is 5.75. The normalized spacial score (nSPS) is 11.0. The van der Waals surface area contributed by atoms with Crippen molar-refractivity contribution in [3.8, 4) is 0 Å². The van der Waals surface area contributed by atoms with Gasteiger partial charge in [-0.25, -0.2) is 4.98 Å². The van der Waals surface area contributed by atoms with Crippen LogP contribution in [0.2, 0.25) is 0 Å². The van der Waals surface area contributed by atoms with Crippen LogP contribution >= 0.6 is 11.3 Å². The van der Waals surface area contributed by atoms with Crippen LogP contribution in [0.15, 0.2) is 0 Å². The third-order valence-corrected chi connectivity index (χ3v) is 3.65. The number of thiazole rings is 1. The van der Waals surface area contributed by atoms with Gasteiger partial charge in [0.05, 0.1) is 10.7 Å². The maximum atomic E-state index is 12.3. The number of rotatable bonds is 6. The molecule has 0 aliphatic rings. The van der Waals surface area contributed by atoms with Crippen LogP contribution in [0.1, 0.15) is 34.2 Å². The topological polar surface area (TPSA) is 45.2 Å². The molecule has 0 atom stereocenters. The number of likely N-dealkylation sites (N-methyl/N-ethyl adjacent to an activating group) is 2. The van der Waals surface area contributed by atoms with Crippen molar-refractivity contribution < 1.29 is 4.79 Å². The molecule has 4 nitrogen and oxygen atoms in total. The second-order valence-corrected chi connectivity index (χ2v) is 6.14. The lowest BCUT2D eigenvalue weighted by atomic mass is 10.1. The van der Waals surface area contributed by atoms with Gasteiger partial charge in [-0.15, -0.1) is 11.3 Å². The van der Waals surface area contributed by atoms with Gasteiger partial charge in [0.15, 0.2) is 0 Å². The first-order valence-corrected chi connectivity index (χ1v) is 7.13. The minimum Gasteiger partial charge on any atom is -0.340 e. The molecule has 18 heavy (non-hydrogen) atoms. The molecule has 1 aromatic heterocycles. The van der Waals surface area contributed by atoms with Crippen molar-refractivity contribution in [3.05, 3.63) is 15.6 Å². The maximum Gasteiger partial charge on any atom is 0.265 e. The molecule has 102 valence electrons. The zero-order valence-electron chi connectivity index (χ0n) is 11.9. The third kappa shape index (κ3) is 4.07. The second kappa shape index (κ2) is 6.85. The first-order valence-electron chi connectivity index (χ1n) is 6.32. The molecular weight excluding hydrogens is 246 g/mol. The summed E-state index contributed by atoms with van der Waals surface area (Å²) in [6.07, 6.45) is 0.866. The van der Waals surface area contributed by atoms with Crippen LogP contribution in [-0.4, -0.2) is 43.0 Å². The van der Waals surface area contributed by atoms with Gasteiger partial charge in [-0.2, -0.15) is 0 Å². The highest BCUT2D eigenvalue weighted by Gasteiger charge is 2.20. The lowest BCUT2D eigenvalue weighted by Crippen LogP contribution is -2.32. The lowest BCUT2D eigenvalue weighted by molar-refractivity contribution is 0.0800. The van der Waals surface area contributed by atoms with E-state index in [1.165, 1.54) is 11.3 Å². The zero-order chi connectivity index (χ0) is 13.7. The van der Waals surface area contributed by atoms with Gasteiger partial charge in [0.25, 0.3) is 5.91 Å². The number of nitrogens with one attached hydrogen (secondary N) is 1. The Balaban J connectivity index is 2.83. The quantitative estimate of drug-likeness (QED) is 0.858. The van der Waals surface area contributed by atoms with E-state index in [1.54, 1.807) is 4.90 Å². The highest BCUT2D eigenvalue weighted by Crippen LogP contribution is 2.22. The van der Waals surface area contributed by atoms with Crippen molar-refractivity contribution >= 4 is 17.2 Å². The molecule has 0 spiro atoms. The molecular formula is C13H23N3OS. The Labute approximate surface area is 113 Å². The van der Waals surface area contributed by atoms with E-state index in [2.05, 4.69) is 24.1 Å². The van der Waals surface area contributed by atoms with Gasteiger partial charge in [0, 0.05) is 20.1 Å². The van der Waals surface area contributed by atoms with E-state index in [0.717, 1.165) is 28.5 Å². The zero-order valence-corrected chi connectivity index (χ0v) is 12.7. The predicted octanol–water partition coefficient (Wildman–Crippen LogP) is 1.94. The number of nitrogens with zero attached hydrogens (tertiary/aromatic N) is 2. The van der Waals surface area contributed by atoms with E-state index in [1.807, 2.05) is 21.0 Å². The van der Waals surface area contributed by atoms with Crippen molar-refractivity contribution in [3.63, 3.8) is 0 Å². The van der Waals surface area contributed by atoms with E-state index in [0.29, 0.717) is 12.5 Å². The SMILES string of the molecule is CNCCN(C)C(=O)c1sc(C)nc1CC(C)C. The summed E-state index contributed by atoms with van der Waals surface area (Å²) < 4.78 is 0. The van der Waals surface area contributed by atoms with Gasteiger partial charge in [-0.1, -0.05) is 13.8 Å². The van der Waals surface area contributed by atoms with E-state index in [9.17, 15) is 4.79 Å². The summed E-state index contributed by atoms with van der Waals surface area (Å²) in [4.78, 5) is 19.4. The van der Waals surface area contributed by atoms with Crippen LogP contribution in [0.3, 0.4) is 0 Å². The average Bonchev–Trinajstić information content (AvgIpc) is 2.65. The molecule has 0 unspecified atom stereocenters. The molecule has 0 fully saturated rings. The van der Waals surface area contributed by atoms with Gasteiger partial charge >= 0.3 is 0 Å². The molecule has 0 aliphatic heterocycles. The number of hydrogen-bond donors (Lipinski definition) is 1. The molecule has 1 N–H and O–H groups in total. The first kappa shape index (κ1) is 15.1.